The Labute approximate surface area is 113 Å². The molecular weight excluding hydrogens is 240 g/mol. The summed E-state index contributed by atoms with van der Waals surface area (Å²) < 4.78 is 0. The number of rotatable bonds is 2. The van der Waals surface area contributed by atoms with Crippen LogP contribution in [0.3, 0.4) is 0 Å². The van der Waals surface area contributed by atoms with Gasteiger partial charge in [-0.1, -0.05) is 26.0 Å². The zero-order valence-electron chi connectivity index (χ0n) is 11.6. The van der Waals surface area contributed by atoms with Crippen LogP contribution in [0.5, 0.6) is 0 Å². The molecule has 1 aliphatic heterocycles. The minimum Gasteiger partial charge on any atom is -0.345 e. The first-order valence-electron chi connectivity index (χ1n) is 6.69. The molecule has 19 heavy (non-hydrogen) atoms. The summed E-state index contributed by atoms with van der Waals surface area (Å²) in [7, 11) is 0. The maximum Gasteiger partial charge on any atom is 0.249 e. The Balaban J connectivity index is 2.24. The Kier molecular flexibility index (Phi) is 3.88. The van der Waals surface area contributed by atoms with Crippen molar-refractivity contribution < 1.29 is 9.59 Å². The monoisotopic (exact) mass is 260 g/mol. The molecule has 1 heterocycles. The van der Waals surface area contributed by atoms with Crippen molar-refractivity contribution in [1.82, 2.24) is 5.32 Å². The molecule has 2 rings (SSSR count). The van der Waals surface area contributed by atoms with Gasteiger partial charge in [0, 0.05) is 18.7 Å². The van der Waals surface area contributed by atoms with E-state index in [0.717, 1.165) is 5.69 Å². The van der Waals surface area contributed by atoms with Crippen LogP contribution < -0.4 is 10.2 Å². The van der Waals surface area contributed by atoms with E-state index in [4.69, 9.17) is 0 Å². The van der Waals surface area contributed by atoms with Gasteiger partial charge < -0.3 is 10.2 Å². The van der Waals surface area contributed by atoms with E-state index in [1.165, 1.54) is 5.56 Å². The van der Waals surface area contributed by atoms with E-state index in [-0.39, 0.29) is 11.8 Å². The second kappa shape index (κ2) is 5.43. The Hall–Kier alpha value is -1.84. The van der Waals surface area contributed by atoms with Gasteiger partial charge in [0.05, 0.1) is 0 Å². The molecule has 1 aliphatic rings. The average molecular weight is 260 g/mol. The quantitative estimate of drug-likeness (QED) is 0.884. The molecule has 1 N–H and O–H groups in total. The van der Waals surface area contributed by atoms with E-state index >= 15 is 0 Å². The number of anilines is 1. The first-order valence-corrected chi connectivity index (χ1v) is 6.69. The van der Waals surface area contributed by atoms with Crippen molar-refractivity contribution >= 4 is 17.5 Å². The van der Waals surface area contributed by atoms with Crippen LogP contribution in [0.1, 0.15) is 38.7 Å². The van der Waals surface area contributed by atoms with Crippen LogP contribution in [0.25, 0.3) is 0 Å². The fourth-order valence-electron chi connectivity index (χ4n) is 2.23. The zero-order valence-corrected chi connectivity index (χ0v) is 11.6. The smallest absolute Gasteiger partial charge is 0.249 e. The van der Waals surface area contributed by atoms with E-state index < -0.39 is 6.04 Å². The molecule has 1 fully saturated rings. The van der Waals surface area contributed by atoms with Crippen molar-refractivity contribution in [3.05, 3.63) is 29.8 Å². The maximum atomic E-state index is 12.2. The molecule has 0 aliphatic carbocycles. The summed E-state index contributed by atoms with van der Waals surface area (Å²) in [5, 5.41) is 2.69. The lowest BCUT2D eigenvalue weighted by molar-refractivity contribution is -0.125. The van der Waals surface area contributed by atoms with Crippen molar-refractivity contribution in [3.8, 4) is 0 Å². The van der Waals surface area contributed by atoms with Crippen LogP contribution >= 0.6 is 0 Å². The number of amides is 2. The molecule has 0 spiro atoms. The van der Waals surface area contributed by atoms with Crippen molar-refractivity contribution in [2.24, 2.45) is 0 Å². The topological polar surface area (TPSA) is 49.4 Å². The van der Waals surface area contributed by atoms with Crippen molar-refractivity contribution in [3.63, 3.8) is 0 Å². The van der Waals surface area contributed by atoms with E-state index in [1.54, 1.807) is 11.8 Å². The van der Waals surface area contributed by atoms with E-state index in [1.807, 2.05) is 24.3 Å². The molecule has 2 amide bonds. The molecule has 1 saturated heterocycles. The van der Waals surface area contributed by atoms with Gasteiger partial charge in [-0.2, -0.15) is 0 Å². The highest BCUT2D eigenvalue weighted by atomic mass is 16.2. The van der Waals surface area contributed by atoms with E-state index in [9.17, 15) is 9.59 Å². The lowest BCUT2D eigenvalue weighted by atomic mass is 10.0. The van der Waals surface area contributed by atoms with Gasteiger partial charge >= 0.3 is 0 Å². The summed E-state index contributed by atoms with van der Waals surface area (Å²) in [6.45, 7) is 6.44. The predicted octanol–water partition coefficient (Wildman–Crippen LogP) is 2.05. The molecule has 1 atom stereocenters. The molecule has 0 aromatic heterocycles. The minimum absolute atomic E-state index is 0.0526. The number of hydrogen-bond donors (Lipinski definition) is 1. The average Bonchev–Trinajstić information content (AvgIpc) is 2.50. The second-order valence-corrected chi connectivity index (χ2v) is 5.28. The molecule has 0 radical (unpaired) electrons. The Morgan fingerprint density at radius 3 is 2.42 bits per heavy atom. The normalized spacial score (nSPS) is 20.4. The molecule has 4 nitrogen and oxygen atoms in total. The summed E-state index contributed by atoms with van der Waals surface area (Å²) >= 11 is 0. The summed E-state index contributed by atoms with van der Waals surface area (Å²) in [5.41, 5.74) is 2.10. The number of benzene rings is 1. The summed E-state index contributed by atoms with van der Waals surface area (Å²) in [6.07, 6.45) is 0.349. The van der Waals surface area contributed by atoms with E-state index in [0.29, 0.717) is 18.9 Å². The molecule has 1 aromatic rings. The Morgan fingerprint density at radius 1 is 1.21 bits per heavy atom. The molecule has 1 unspecified atom stereocenters. The number of nitrogens with one attached hydrogen (secondary N) is 1. The van der Waals surface area contributed by atoms with Crippen LogP contribution in [0.2, 0.25) is 0 Å². The van der Waals surface area contributed by atoms with Gasteiger partial charge in [-0.15, -0.1) is 0 Å². The van der Waals surface area contributed by atoms with Crippen LogP contribution in [0.4, 0.5) is 5.69 Å². The fraction of sp³-hybridized carbons (Fsp3) is 0.467. The van der Waals surface area contributed by atoms with Gasteiger partial charge in [0.15, 0.2) is 0 Å². The van der Waals surface area contributed by atoms with Crippen molar-refractivity contribution in [2.75, 3.05) is 11.4 Å². The summed E-state index contributed by atoms with van der Waals surface area (Å²) in [6, 6.07) is 7.53. The van der Waals surface area contributed by atoms with Gasteiger partial charge in [0.1, 0.15) is 6.04 Å². The summed E-state index contributed by atoms with van der Waals surface area (Å²) in [5.74, 6) is 0.348. The van der Waals surface area contributed by atoms with Crippen molar-refractivity contribution in [1.29, 1.82) is 0 Å². The van der Waals surface area contributed by atoms with Gasteiger partial charge in [-0.3, -0.25) is 9.59 Å². The Bertz CT molecular complexity index is 479. The van der Waals surface area contributed by atoms with E-state index in [2.05, 4.69) is 19.2 Å². The number of carbonyl (C=O) groups is 2. The predicted molar refractivity (Wildman–Crippen MR) is 75.1 cm³/mol. The van der Waals surface area contributed by atoms with Gasteiger partial charge in [-0.25, -0.2) is 0 Å². The second-order valence-electron chi connectivity index (χ2n) is 5.28. The van der Waals surface area contributed by atoms with Crippen LogP contribution in [-0.2, 0) is 9.59 Å². The first-order chi connectivity index (χ1) is 8.99. The SMILES string of the molecule is CC1NC(=O)CCN(c2ccc(C(C)C)cc2)C1=O. The largest absolute Gasteiger partial charge is 0.345 e. The molecule has 1 aromatic carbocycles. The minimum atomic E-state index is -0.459. The number of nitrogens with zero attached hydrogens (tertiary/aromatic N) is 1. The third-order valence-corrected chi connectivity index (χ3v) is 3.45. The zero-order chi connectivity index (χ0) is 14.0. The third kappa shape index (κ3) is 2.95. The lowest BCUT2D eigenvalue weighted by Gasteiger charge is -2.22. The molecular formula is C15H20N2O2. The van der Waals surface area contributed by atoms with Gasteiger partial charge in [-0.05, 0) is 30.5 Å². The molecule has 4 heteroatoms. The van der Waals surface area contributed by atoms with Gasteiger partial charge in [0.2, 0.25) is 11.8 Å². The molecule has 0 bridgehead atoms. The highest BCUT2D eigenvalue weighted by molar-refractivity contribution is 6.00. The van der Waals surface area contributed by atoms with Crippen LogP contribution in [0, 0.1) is 0 Å². The van der Waals surface area contributed by atoms with Crippen molar-refractivity contribution in [2.45, 2.75) is 39.2 Å². The maximum absolute atomic E-state index is 12.2. The van der Waals surface area contributed by atoms with Crippen LogP contribution in [0.15, 0.2) is 24.3 Å². The highest BCUT2D eigenvalue weighted by Crippen LogP contribution is 2.21. The Morgan fingerprint density at radius 2 is 1.84 bits per heavy atom. The third-order valence-electron chi connectivity index (χ3n) is 3.45. The number of carbonyl (C=O) groups excluding carboxylic acids is 2. The van der Waals surface area contributed by atoms with Gasteiger partial charge in [0.25, 0.3) is 0 Å². The lowest BCUT2D eigenvalue weighted by Crippen LogP contribution is -2.42. The number of hydrogen-bond acceptors (Lipinski definition) is 2. The first kappa shape index (κ1) is 13.6. The molecule has 102 valence electrons. The highest BCUT2D eigenvalue weighted by Gasteiger charge is 2.27. The van der Waals surface area contributed by atoms with Crippen LogP contribution in [-0.4, -0.2) is 24.4 Å². The standard InChI is InChI=1S/C15H20N2O2/c1-10(2)12-4-6-13(7-5-12)17-9-8-14(18)16-11(3)15(17)19/h4-7,10-11H,8-9H2,1-3H3,(H,16,18). The molecule has 0 saturated carbocycles. The summed E-state index contributed by atoms with van der Waals surface area (Å²) in [4.78, 5) is 25.4. The fourth-order valence-corrected chi connectivity index (χ4v) is 2.23.